The molecule has 0 fully saturated rings. The third-order valence-corrected chi connectivity index (χ3v) is 66.2. The van der Waals surface area contributed by atoms with E-state index >= 15 is 0 Å². The summed E-state index contributed by atoms with van der Waals surface area (Å²) in [4.78, 5) is 0. The van der Waals surface area contributed by atoms with Gasteiger partial charge in [0.1, 0.15) is 0 Å². The molecule has 0 nitrogen and oxygen atoms in total. The molecule has 0 radical (unpaired) electrons. The number of allylic oxidation sites excluding steroid dienone is 2. The molecule has 0 saturated carbocycles. The van der Waals surface area contributed by atoms with Gasteiger partial charge in [-0.15, -0.1) is 0 Å². The van der Waals surface area contributed by atoms with E-state index in [2.05, 4.69) is 197 Å². The molecule has 4 heteroatoms. The van der Waals surface area contributed by atoms with Crippen molar-refractivity contribution in [2.75, 3.05) is 0 Å². The van der Waals surface area contributed by atoms with Crippen molar-refractivity contribution in [2.45, 2.75) is 167 Å². The summed E-state index contributed by atoms with van der Waals surface area (Å²) in [7, 11) is 18.2. The van der Waals surface area contributed by atoms with Gasteiger partial charge in [0, 0.05) is 0 Å². The molecule has 0 amide bonds. The number of fused-ring (bicyclic) bond motifs is 2. The Hall–Kier alpha value is -1.96. The van der Waals surface area contributed by atoms with Crippen LogP contribution in [-0.4, -0.2) is 5.92 Å². The molecule has 60 heavy (non-hydrogen) atoms. The average Bonchev–Trinajstić information content (AvgIpc) is 3.78. The Morgan fingerprint density at radius 2 is 0.717 bits per heavy atom. The minimum atomic E-state index is -5.10. The van der Waals surface area contributed by atoms with Crippen molar-refractivity contribution in [3.05, 3.63) is 127 Å². The molecule has 2 unspecified atom stereocenters. The van der Waals surface area contributed by atoms with Crippen LogP contribution >= 0.6 is 17.0 Å². The van der Waals surface area contributed by atoms with Gasteiger partial charge in [-0.25, -0.2) is 0 Å². The van der Waals surface area contributed by atoms with Crippen molar-refractivity contribution in [3.63, 3.8) is 0 Å². The van der Waals surface area contributed by atoms with Gasteiger partial charge in [0.15, 0.2) is 0 Å². The molecule has 0 heterocycles. The third-order valence-electron chi connectivity index (χ3n) is 14.5. The standard InChI is InChI=1S/2C27H35.C2H7Si.2ClH.Zr/c2*1-16(2)21-12-22(17(3)4)14-24(13-21)27-25(19(7)8)10-9-20-11-23(18(5)6)15-26(20)27;1-3-2;;;/h2*9-19H,1-8H3;3H,1-2H3;2*1H;/q;;;;;+2/p-2. The molecular formula is C56H77Cl2SiZr. The van der Waals surface area contributed by atoms with Gasteiger partial charge in [0.05, 0.1) is 0 Å². The molecule has 6 rings (SSSR count). The fourth-order valence-electron chi connectivity index (χ4n) is 10.6. The van der Waals surface area contributed by atoms with Gasteiger partial charge in [0.2, 0.25) is 0 Å². The number of hydrogen-bond acceptors (Lipinski definition) is 0. The van der Waals surface area contributed by atoms with Crippen LogP contribution in [0.4, 0.5) is 0 Å². The monoisotopic (exact) mass is 937 g/mol. The maximum absolute atomic E-state index is 9.10. The molecule has 2 aliphatic carbocycles. The van der Waals surface area contributed by atoms with Gasteiger partial charge in [-0.1, -0.05) is 0 Å². The summed E-state index contributed by atoms with van der Waals surface area (Å²) in [6.45, 7) is 42.6. The predicted octanol–water partition coefficient (Wildman–Crippen LogP) is 18.6. The summed E-state index contributed by atoms with van der Waals surface area (Å²) in [5, 5.41) is 0. The number of benzene rings is 4. The summed E-state index contributed by atoms with van der Waals surface area (Å²) in [6, 6.07) is 24.7. The van der Waals surface area contributed by atoms with Crippen molar-refractivity contribution in [1.29, 1.82) is 0 Å². The van der Waals surface area contributed by atoms with Gasteiger partial charge in [-0.05, 0) is 0 Å². The van der Waals surface area contributed by atoms with Crippen LogP contribution in [0.2, 0.25) is 13.1 Å². The van der Waals surface area contributed by atoms with Crippen LogP contribution in [0.1, 0.15) is 209 Å². The summed E-state index contributed by atoms with van der Waals surface area (Å²) in [5.41, 5.74) is 22.4. The maximum atomic E-state index is 9.10. The van der Waals surface area contributed by atoms with Crippen LogP contribution in [-0.2, 0) is 15.6 Å². The molecule has 4 aromatic rings. The van der Waals surface area contributed by atoms with Crippen molar-refractivity contribution < 1.29 is 15.6 Å². The van der Waals surface area contributed by atoms with E-state index in [1.807, 2.05) is 0 Å². The average molecular weight is 940 g/mol. The van der Waals surface area contributed by atoms with Crippen molar-refractivity contribution in [3.8, 4) is 22.3 Å². The van der Waals surface area contributed by atoms with E-state index in [1.54, 1.807) is 0 Å². The van der Waals surface area contributed by atoms with Crippen LogP contribution in [0.25, 0.3) is 34.4 Å². The second kappa shape index (κ2) is 17.5. The first kappa shape index (κ1) is 47.5. The van der Waals surface area contributed by atoms with Crippen molar-refractivity contribution in [2.24, 2.45) is 11.8 Å². The Balaban J connectivity index is 1.70. The van der Waals surface area contributed by atoms with Gasteiger partial charge in [0.25, 0.3) is 0 Å². The molecule has 0 bridgehead atoms. The third kappa shape index (κ3) is 8.18. The molecule has 0 aliphatic heterocycles. The van der Waals surface area contributed by atoms with E-state index in [-0.39, 0.29) is 7.25 Å². The van der Waals surface area contributed by atoms with E-state index in [1.165, 1.54) is 89.0 Å². The van der Waals surface area contributed by atoms with E-state index < -0.39 is 21.5 Å². The SMILES string of the molecule is CC(C)C1=Cc2c(ccc(C(C)C)c2-c2cc(C(C)C)cc(C(C)C)c2)[CH]1[Zr]([Cl])([Cl])([CH]1C(C(C)C)=Cc2c1ccc(C(C)C)c2-c1cc(C(C)C)cc(C(C)C)c1)[SiH](C)C. The van der Waals surface area contributed by atoms with Gasteiger partial charge >= 0.3 is 379 Å². The van der Waals surface area contributed by atoms with Crippen LogP contribution < -0.4 is 0 Å². The Morgan fingerprint density at radius 1 is 0.417 bits per heavy atom. The first-order chi connectivity index (χ1) is 27.9. The molecule has 2 atom stereocenters. The Labute approximate surface area is 375 Å². The predicted molar refractivity (Wildman–Crippen MR) is 270 cm³/mol. The molecule has 4 aromatic carbocycles. The topological polar surface area (TPSA) is 0 Å². The summed E-state index contributed by atoms with van der Waals surface area (Å²) in [6.07, 6.45) is 5.18. The fourth-order valence-corrected chi connectivity index (χ4v) is 42.1. The van der Waals surface area contributed by atoms with E-state index in [0.717, 1.165) is 0 Å². The Morgan fingerprint density at radius 3 is 0.950 bits per heavy atom. The van der Waals surface area contributed by atoms with Gasteiger partial charge in [-0.3, -0.25) is 0 Å². The second-order valence-corrected chi connectivity index (χ2v) is 64.1. The zero-order valence-corrected chi connectivity index (χ0v) is 45.7. The zero-order valence-electron chi connectivity index (χ0n) is 40.5. The Bertz CT molecular complexity index is 2120. The van der Waals surface area contributed by atoms with Crippen LogP contribution in [0.15, 0.2) is 71.8 Å². The van der Waals surface area contributed by atoms with E-state index in [4.69, 9.17) is 17.0 Å². The minimum absolute atomic E-state index is 0.0393. The zero-order chi connectivity index (χ0) is 44.5. The quantitative estimate of drug-likeness (QED) is 0.117. The van der Waals surface area contributed by atoms with Crippen LogP contribution in [0, 0.1) is 11.8 Å². The molecule has 2 aliphatic rings. The van der Waals surface area contributed by atoms with Crippen LogP contribution in [0.5, 0.6) is 0 Å². The molecule has 0 aromatic heterocycles. The van der Waals surface area contributed by atoms with Gasteiger partial charge in [-0.2, -0.15) is 0 Å². The number of hydrogen-bond donors (Lipinski definition) is 0. The molecule has 0 saturated heterocycles. The number of halogens is 2. The van der Waals surface area contributed by atoms with Crippen molar-refractivity contribution >= 4 is 35.1 Å². The molecule has 0 spiro atoms. The van der Waals surface area contributed by atoms with Gasteiger partial charge < -0.3 is 0 Å². The summed E-state index contributed by atoms with van der Waals surface area (Å²) in [5.74, 6) is 1.35. The molecule has 323 valence electrons. The fraction of sp³-hybridized carbons (Fsp3) is 0.500. The van der Waals surface area contributed by atoms with E-state index in [0.29, 0.717) is 47.3 Å². The van der Waals surface area contributed by atoms with E-state index in [9.17, 15) is 0 Å². The normalized spacial score (nSPS) is 17.6. The summed E-state index contributed by atoms with van der Waals surface area (Å²) < 4.78 is 0.0785. The first-order valence-corrected chi connectivity index (χ1v) is 39.9. The van der Waals surface area contributed by atoms with Crippen molar-refractivity contribution in [1.82, 2.24) is 0 Å². The Kier molecular flexibility index (Phi) is 13.9. The molecule has 0 N–H and O–H groups in total. The number of rotatable bonds is 13. The summed E-state index contributed by atoms with van der Waals surface area (Å²) >= 11 is -5.10. The first-order valence-electron chi connectivity index (χ1n) is 23.5. The molecular weight excluding hydrogens is 863 g/mol. The van der Waals surface area contributed by atoms with Crippen LogP contribution in [0.3, 0.4) is 0 Å². The second-order valence-electron chi connectivity index (χ2n) is 21.6.